The molecule has 0 spiro atoms. The second-order valence-electron chi connectivity index (χ2n) is 6.13. The number of hydrogen-bond acceptors (Lipinski definition) is 2. The Morgan fingerprint density at radius 2 is 2.00 bits per heavy atom. The molecule has 4 nitrogen and oxygen atoms in total. The van der Waals surface area contributed by atoms with Gasteiger partial charge in [0, 0.05) is 23.9 Å². The third-order valence-electron chi connectivity index (χ3n) is 4.64. The summed E-state index contributed by atoms with van der Waals surface area (Å²) in [6, 6.07) is 3.60. The number of pyridine rings is 1. The number of nitrogens with zero attached hydrogens (tertiary/aromatic N) is 2. The number of hydrogen-bond donors (Lipinski definition) is 1. The summed E-state index contributed by atoms with van der Waals surface area (Å²) in [6.45, 7) is 5.17. The van der Waals surface area contributed by atoms with Gasteiger partial charge < -0.3 is 9.80 Å². The SMILES string of the molecule is O=C(c1ccncc1)N1CC[NH+](C[C@@H]2CC=CCC2)CC1. The Labute approximate surface area is 126 Å². The number of quaternary nitrogens is 1. The first-order valence-corrected chi connectivity index (χ1v) is 8.01. The van der Waals surface area contributed by atoms with Crippen LogP contribution in [0.2, 0.25) is 0 Å². The van der Waals surface area contributed by atoms with Gasteiger partial charge in [0.1, 0.15) is 0 Å². The smallest absolute Gasteiger partial charge is 0.254 e. The molecule has 0 bridgehead atoms. The van der Waals surface area contributed by atoms with Crippen molar-refractivity contribution in [3.63, 3.8) is 0 Å². The summed E-state index contributed by atoms with van der Waals surface area (Å²) in [4.78, 5) is 20.0. The first kappa shape index (κ1) is 14.3. The van der Waals surface area contributed by atoms with Crippen molar-refractivity contribution in [1.29, 1.82) is 0 Å². The highest BCUT2D eigenvalue weighted by Gasteiger charge is 2.26. The molecule has 1 aliphatic carbocycles. The largest absolute Gasteiger partial charge is 0.332 e. The molecule has 1 aromatic heterocycles. The second kappa shape index (κ2) is 6.85. The molecule has 2 aliphatic rings. The minimum atomic E-state index is 0.150. The average molecular weight is 286 g/mol. The van der Waals surface area contributed by atoms with Gasteiger partial charge in [-0.15, -0.1) is 0 Å². The molecule has 0 unspecified atom stereocenters. The number of carbonyl (C=O) groups excluding carboxylic acids is 1. The second-order valence-corrected chi connectivity index (χ2v) is 6.13. The predicted octanol–water partition coefficient (Wildman–Crippen LogP) is 0.779. The number of allylic oxidation sites excluding steroid dienone is 2. The van der Waals surface area contributed by atoms with Gasteiger partial charge in [-0.1, -0.05) is 12.2 Å². The fourth-order valence-corrected chi connectivity index (χ4v) is 3.36. The third-order valence-corrected chi connectivity index (χ3v) is 4.64. The molecule has 1 aliphatic heterocycles. The zero-order valence-electron chi connectivity index (χ0n) is 12.5. The van der Waals surface area contributed by atoms with E-state index in [-0.39, 0.29) is 5.91 Å². The Morgan fingerprint density at radius 1 is 1.24 bits per heavy atom. The van der Waals surface area contributed by atoms with E-state index < -0.39 is 0 Å². The van der Waals surface area contributed by atoms with E-state index in [1.165, 1.54) is 25.8 Å². The van der Waals surface area contributed by atoms with Crippen LogP contribution >= 0.6 is 0 Å². The Morgan fingerprint density at radius 3 is 2.67 bits per heavy atom. The van der Waals surface area contributed by atoms with Gasteiger partial charge in [-0.2, -0.15) is 0 Å². The molecular formula is C17H24N3O+. The molecule has 1 fully saturated rings. The van der Waals surface area contributed by atoms with E-state index in [1.807, 2.05) is 4.90 Å². The molecule has 1 N–H and O–H groups in total. The van der Waals surface area contributed by atoms with E-state index in [9.17, 15) is 4.79 Å². The van der Waals surface area contributed by atoms with Gasteiger partial charge in [0.2, 0.25) is 0 Å². The van der Waals surface area contributed by atoms with Crippen LogP contribution in [0.3, 0.4) is 0 Å². The lowest BCUT2D eigenvalue weighted by Crippen LogP contribution is -3.15. The molecule has 4 heteroatoms. The molecular weight excluding hydrogens is 262 g/mol. The van der Waals surface area contributed by atoms with E-state index in [0.717, 1.165) is 37.7 Å². The van der Waals surface area contributed by atoms with Gasteiger partial charge in [0.25, 0.3) is 5.91 Å². The van der Waals surface area contributed by atoms with Crippen molar-refractivity contribution in [1.82, 2.24) is 9.88 Å². The van der Waals surface area contributed by atoms with Crippen molar-refractivity contribution in [3.8, 4) is 0 Å². The van der Waals surface area contributed by atoms with Crippen molar-refractivity contribution < 1.29 is 9.69 Å². The maximum atomic E-state index is 12.4. The first-order valence-electron chi connectivity index (χ1n) is 8.01. The van der Waals surface area contributed by atoms with Crippen LogP contribution in [0.4, 0.5) is 0 Å². The molecule has 1 amide bonds. The highest BCUT2D eigenvalue weighted by molar-refractivity contribution is 5.94. The van der Waals surface area contributed by atoms with E-state index in [0.29, 0.717) is 0 Å². The summed E-state index contributed by atoms with van der Waals surface area (Å²) >= 11 is 0. The molecule has 0 aromatic carbocycles. The molecule has 0 saturated carbocycles. The highest BCUT2D eigenvalue weighted by atomic mass is 16.2. The lowest BCUT2D eigenvalue weighted by Gasteiger charge is -2.34. The maximum Gasteiger partial charge on any atom is 0.254 e. The van der Waals surface area contributed by atoms with Crippen molar-refractivity contribution >= 4 is 5.91 Å². The summed E-state index contributed by atoms with van der Waals surface area (Å²) in [5, 5.41) is 0. The van der Waals surface area contributed by atoms with Gasteiger partial charge in [0.15, 0.2) is 0 Å². The van der Waals surface area contributed by atoms with Crippen molar-refractivity contribution in [2.24, 2.45) is 5.92 Å². The number of amides is 1. The Balaban J connectivity index is 1.48. The van der Waals surface area contributed by atoms with E-state index >= 15 is 0 Å². The minimum Gasteiger partial charge on any atom is -0.332 e. The van der Waals surface area contributed by atoms with Crippen LogP contribution in [0.5, 0.6) is 0 Å². The molecule has 3 rings (SSSR count). The third kappa shape index (κ3) is 3.70. The summed E-state index contributed by atoms with van der Waals surface area (Å²) < 4.78 is 0. The van der Waals surface area contributed by atoms with Crippen molar-refractivity contribution in [3.05, 3.63) is 42.2 Å². The van der Waals surface area contributed by atoms with Crippen LogP contribution in [0.25, 0.3) is 0 Å². The molecule has 2 heterocycles. The Hall–Kier alpha value is -1.68. The number of carbonyl (C=O) groups is 1. The van der Waals surface area contributed by atoms with Gasteiger partial charge in [-0.05, 0) is 31.4 Å². The van der Waals surface area contributed by atoms with Crippen LogP contribution in [0, 0.1) is 5.92 Å². The van der Waals surface area contributed by atoms with E-state index in [1.54, 1.807) is 29.4 Å². The van der Waals surface area contributed by atoms with Crippen LogP contribution in [0.1, 0.15) is 29.6 Å². The predicted molar refractivity (Wildman–Crippen MR) is 82.2 cm³/mol. The number of rotatable bonds is 3. The lowest BCUT2D eigenvalue weighted by atomic mass is 9.94. The number of piperazine rings is 1. The standard InChI is InChI=1S/C17H23N3O/c21-17(16-6-8-18-9-7-16)20-12-10-19(11-13-20)14-15-4-2-1-3-5-15/h1-2,6-9,15H,3-5,10-14H2/p+1/t15-/m1/s1. The monoisotopic (exact) mass is 286 g/mol. The number of nitrogens with one attached hydrogen (secondary N) is 1. The van der Waals surface area contributed by atoms with Crippen molar-refractivity contribution in [2.45, 2.75) is 19.3 Å². The van der Waals surface area contributed by atoms with Crippen molar-refractivity contribution in [2.75, 3.05) is 32.7 Å². The normalized spacial score (nSPS) is 23.2. The molecule has 1 saturated heterocycles. The first-order chi connectivity index (χ1) is 10.3. The lowest BCUT2D eigenvalue weighted by molar-refractivity contribution is -0.907. The van der Waals surface area contributed by atoms with Gasteiger partial charge in [-0.3, -0.25) is 9.78 Å². The van der Waals surface area contributed by atoms with Crippen LogP contribution in [-0.2, 0) is 0 Å². The minimum absolute atomic E-state index is 0.150. The number of aromatic nitrogens is 1. The zero-order valence-corrected chi connectivity index (χ0v) is 12.5. The molecule has 21 heavy (non-hydrogen) atoms. The summed E-state index contributed by atoms with van der Waals surface area (Å²) in [5.41, 5.74) is 0.755. The zero-order chi connectivity index (χ0) is 14.5. The average Bonchev–Trinajstić information content (AvgIpc) is 2.57. The molecule has 1 aromatic rings. The van der Waals surface area contributed by atoms with E-state index in [2.05, 4.69) is 17.1 Å². The fourth-order valence-electron chi connectivity index (χ4n) is 3.36. The summed E-state index contributed by atoms with van der Waals surface area (Å²) in [5.74, 6) is 0.990. The molecule has 112 valence electrons. The summed E-state index contributed by atoms with van der Waals surface area (Å²) in [6.07, 6.45) is 11.8. The summed E-state index contributed by atoms with van der Waals surface area (Å²) in [7, 11) is 0. The highest BCUT2D eigenvalue weighted by Crippen LogP contribution is 2.16. The van der Waals surface area contributed by atoms with Crippen LogP contribution in [-0.4, -0.2) is 48.5 Å². The maximum absolute atomic E-state index is 12.4. The van der Waals surface area contributed by atoms with Gasteiger partial charge in [-0.25, -0.2) is 0 Å². The Bertz CT molecular complexity index is 492. The van der Waals surface area contributed by atoms with E-state index in [4.69, 9.17) is 0 Å². The van der Waals surface area contributed by atoms with Gasteiger partial charge >= 0.3 is 0 Å². The molecule has 1 atom stereocenters. The Kier molecular flexibility index (Phi) is 4.65. The topological polar surface area (TPSA) is 37.6 Å². The van der Waals surface area contributed by atoms with Crippen LogP contribution in [0.15, 0.2) is 36.7 Å². The molecule has 0 radical (unpaired) electrons. The fraction of sp³-hybridized carbons (Fsp3) is 0.529. The van der Waals surface area contributed by atoms with Crippen LogP contribution < -0.4 is 4.90 Å². The van der Waals surface area contributed by atoms with Gasteiger partial charge in [0.05, 0.1) is 32.7 Å². The quantitative estimate of drug-likeness (QED) is 0.834.